The molecule has 6 nitrogen and oxygen atoms in total. The molecule has 0 saturated heterocycles. The number of carboxylic acids is 1. The molecule has 0 saturated carbocycles. The largest absolute Gasteiger partial charge is 0.619 e. The highest BCUT2D eigenvalue weighted by molar-refractivity contribution is 9.10. The van der Waals surface area contributed by atoms with Crippen molar-refractivity contribution in [3.8, 4) is 10.4 Å². The number of rotatable bonds is 4. The summed E-state index contributed by atoms with van der Waals surface area (Å²) in [5.74, 6) is -1.69. The maximum Gasteiger partial charge on any atom is 0.339 e. The summed E-state index contributed by atoms with van der Waals surface area (Å²) >= 11 is 4.56. The summed E-state index contributed by atoms with van der Waals surface area (Å²) in [6.07, 6.45) is 2.38. The Bertz CT molecular complexity index is 954. The van der Waals surface area contributed by atoms with Crippen LogP contribution < -0.4 is 10.0 Å². The highest BCUT2D eigenvalue weighted by Gasteiger charge is 2.22. The Morgan fingerprint density at radius 3 is 2.56 bits per heavy atom. The molecule has 3 aromatic rings. The zero-order valence-electron chi connectivity index (χ0n) is 12.6. The number of halogens is 1. The average molecular weight is 419 g/mol. The number of hydrogen-bond acceptors (Lipinski definition) is 4. The minimum Gasteiger partial charge on any atom is -0.619 e. The van der Waals surface area contributed by atoms with Crippen molar-refractivity contribution in [2.45, 2.75) is 0 Å². The summed E-state index contributed by atoms with van der Waals surface area (Å²) in [4.78, 5) is 24.5. The Hall–Kier alpha value is -2.71. The van der Waals surface area contributed by atoms with Crippen LogP contribution >= 0.6 is 27.3 Å². The van der Waals surface area contributed by atoms with Gasteiger partial charge in [0.15, 0.2) is 12.4 Å². The molecule has 0 spiro atoms. The summed E-state index contributed by atoms with van der Waals surface area (Å²) in [6, 6.07) is 10.1. The predicted octanol–water partition coefficient (Wildman–Crippen LogP) is 3.76. The summed E-state index contributed by atoms with van der Waals surface area (Å²) < 4.78 is 1.39. The van der Waals surface area contributed by atoms with Crippen LogP contribution in [0.1, 0.15) is 20.7 Å². The molecule has 2 N–H and O–H groups in total. The molecule has 3 rings (SSSR count). The van der Waals surface area contributed by atoms with Gasteiger partial charge in [-0.25, -0.2) is 4.79 Å². The van der Waals surface area contributed by atoms with Crippen LogP contribution in [0.5, 0.6) is 0 Å². The number of hydrogen-bond donors (Lipinski definition) is 2. The number of amides is 1. The first-order valence-corrected chi connectivity index (χ1v) is 8.74. The number of thiophene rings is 1. The molecule has 0 aliphatic carbocycles. The predicted molar refractivity (Wildman–Crippen MR) is 97.8 cm³/mol. The zero-order valence-corrected chi connectivity index (χ0v) is 15.0. The van der Waals surface area contributed by atoms with Gasteiger partial charge in [0.2, 0.25) is 0 Å². The monoisotopic (exact) mass is 418 g/mol. The van der Waals surface area contributed by atoms with Crippen molar-refractivity contribution in [1.29, 1.82) is 0 Å². The van der Waals surface area contributed by atoms with E-state index in [1.54, 1.807) is 17.5 Å². The fourth-order valence-corrected chi connectivity index (χ4v) is 3.52. The van der Waals surface area contributed by atoms with E-state index in [2.05, 4.69) is 21.2 Å². The van der Waals surface area contributed by atoms with E-state index in [-0.39, 0.29) is 16.8 Å². The molecule has 0 radical (unpaired) electrons. The van der Waals surface area contributed by atoms with E-state index in [1.165, 1.54) is 29.7 Å². The lowest BCUT2D eigenvalue weighted by molar-refractivity contribution is -0.605. The Morgan fingerprint density at radius 2 is 1.92 bits per heavy atom. The number of nitrogens with zero attached hydrogens (tertiary/aromatic N) is 1. The molecule has 0 bridgehead atoms. The van der Waals surface area contributed by atoms with Crippen molar-refractivity contribution in [3.63, 3.8) is 0 Å². The highest BCUT2D eigenvalue weighted by Crippen LogP contribution is 2.36. The number of aromatic carboxylic acids is 1. The number of benzene rings is 1. The third-order valence-corrected chi connectivity index (χ3v) is 4.95. The quantitative estimate of drug-likeness (QED) is 0.498. The fourth-order valence-electron chi connectivity index (χ4n) is 2.26. The van der Waals surface area contributed by atoms with Gasteiger partial charge in [-0.2, -0.15) is 4.73 Å². The van der Waals surface area contributed by atoms with E-state index < -0.39 is 11.9 Å². The zero-order chi connectivity index (χ0) is 18.0. The van der Waals surface area contributed by atoms with Gasteiger partial charge in [0.1, 0.15) is 11.1 Å². The van der Waals surface area contributed by atoms with Crippen LogP contribution in [0, 0.1) is 5.21 Å². The number of pyridine rings is 1. The van der Waals surface area contributed by atoms with Crippen LogP contribution in [0.15, 0.2) is 58.6 Å². The number of carbonyl (C=O) groups is 2. The molecule has 0 unspecified atom stereocenters. The fraction of sp³-hybridized carbons (Fsp3) is 0. The lowest BCUT2D eigenvalue weighted by atomic mass is 10.1. The summed E-state index contributed by atoms with van der Waals surface area (Å²) in [5.41, 5.74) is 1.10. The normalized spacial score (nSPS) is 10.4. The molecule has 1 amide bonds. The lowest BCUT2D eigenvalue weighted by Gasteiger charge is -2.06. The smallest absolute Gasteiger partial charge is 0.339 e. The van der Waals surface area contributed by atoms with Crippen molar-refractivity contribution in [3.05, 3.63) is 75.0 Å². The van der Waals surface area contributed by atoms with Gasteiger partial charge in [-0.1, -0.05) is 28.1 Å². The summed E-state index contributed by atoms with van der Waals surface area (Å²) in [6.45, 7) is 0. The van der Waals surface area contributed by atoms with E-state index in [4.69, 9.17) is 0 Å². The van der Waals surface area contributed by atoms with E-state index in [0.717, 1.165) is 16.2 Å². The topological polar surface area (TPSA) is 93.3 Å². The number of anilines is 1. The number of carbonyl (C=O) groups excluding carboxylic acids is 1. The van der Waals surface area contributed by atoms with E-state index in [1.807, 2.05) is 12.1 Å². The lowest BCUT2D eigenvalue weighted by Crippen LogP contribution is -2.27. The van der Waals surface area contributed by atoms with Gasteiger partial charge in [0, 0.05) is 15.9 Å². The summed E-state index contributed by atoms with van der Waals surface area (Å²) in [5, 5.41) is 25.0. The first kappa shape index (κ1) is 17.1. The Morgan fingerprint density at radius 1 is 1.20 bits per heavy atom. The average Bonchev–Trinajstić information content (AvgIpc) is 2.99. The highest BCUT2D eigenvalue weighted by atomic mass is 79.9. The molecule has 8 heteroatoms. The second-order valence-electron chi connectivity index (χ2n) is 5.07. The number of aromatic nitrogens is 1. The Balaban J connectivity index is 1.96. The maximum absolute atomic E-state index is 12.3. The van der Waals surface area contributed by atoms with E-state index in [9.17, 15) is 19.9 Å². The van der Waals surface area contributed by atoms with Gasteiger partial charge in [0.25, 0.3) is 5.91 Å². The molecule has 0 aliphatic rings. The van der Waals surface area contributed by atoms with Crippen LogP contribution in [0.25, 0.3) is 10.4 Å². The van der Waals surface area contributed by atoms with Crippen molar-refractivity contribution < 1.29 is 19.4 Å². The molecule has 25 heavy (non-hydrogen) atoms. The molecule has 1 aromatic carbocycles. The standard InChI is InChI=1S/C17H11BrN2O4S/c18-12-5-3-10(4-6-12)15-14(17(22)23)13(9-25-15)19-16(21)11-2-1-7-20(24)8-11/h1-9H,(H,19,21)(H,22,23). The SMILES string of the molecule is O=C(Nc1csc(-c2ccc(Br)cc2)c1C(=O)O)c1ccc[n+]([O-])c1. The molecule has 0 atom stereocenters. The maximum atomic E-state index is 12.3. The van der Waals surface area contributed by atoms with Gasteiger partial charge in [-0.15, -0.1) is 11.3 Å². The van der Waals surface area contributed by atoms with Gasteiger partial charge < -0.3 is 15.6 Å². The van der Waals surface area contributed by atoms with Crippen LogP contribution in [-0.2, 0) is 0 Å². The third kappa shape index (κ3) is 3.70. The molecular formula is C17H11BrN2O4S. The third-order valence-electron chi connectivity index (χ3n) is 3.40. The van der Waals surface area contributed by atoms with Crippen molar-refractivity contribution in [2.24, 2.45) is 0 Å². The van der Waals surface area contributed by atoms with Crippen LogP contribution in [0.4, 0.5) is 5.69 Å². The van der Waals surface area contributed by atoms with Crippen molar-refractivity contribution in [2.75, 3.05) is 5.32 Å². The second-order valence-corrected chi connectivity index (χ2v) is 6.87. The van der Waals surface area contributed by atoms with Gasteiger partial charge in [-0.05, 0) is 23.8 Å². The number of carboxylic acid groups (broad SMARTS) is 1. The summed E-state index contributed by atoms with van der Waals surface area (Å²) in [7, 11) is 0. The van der Waals surface area contributed by atoms with Crippen LogP contribution in [-0.4, -0.2) is 17.0 Å². The van der Waals surface area contributed by atoms with E-state index in [0.29, 0.717) is 9.61 Å². The number of nitrogens with one attached hydrogen (secondary N) is 1. The minimum atomic E-state index is -1.14. The first-order valence-electron chi connectivity index (χ1n) is 7.06. The molecule has 2 aromatic heterocycles. The Kier molecular flexibility index (Phi) is 4.82. The molecule has 2 heterocycles. The van der Waals surface area contributed by atoms with Crippen molar-refractivity contribution in [1.82, 2.24) is 0 Å². The van der Waals surface area contributed by atoms with Gasteiger partial charge in [0.05, 0.1) is 10.6 Å². The van der Waals surface area contributed by atoms with Gasteiger partial charge >= 0.3 is 5.97 Å². The molecular weight excluding hydrogens is 408 g/mol. The second kappa shape index (κ2) is 7.04. The first-order chi connectivity index (χ1) is 12.0. The Labute approximate surface area is 155 Å². The van der Waals surface area contributed by atoms with Gasteiger partial charge in [-0.3, -0.25) is 4.79 Å². The van der Waals surface area contributed by atoms with Crippen molar-refractivity contribution >= 4 is 44.8 Å². The molecule has 126 valence electrons. The van der Waals surface area contributed by atoms with E-state index >= 15 is 0 Å². The molecule has 0 fully saturated rings. The minimum absolute atomic E-state index is 0.0200. The van der Waals surface area contributed by atoms with Crippen LogP contribution in [0.3, 0.4) is 0 Å². The van der Waals surface area contributed by atoms with Crippen LogP contribution in [0.2, 0.25) is 0 Å². The molecule has 0 aliphatic heterocycles.